The number of anilines is 2. The second-order valence-corrected chi connectivity index (χ2v) is 10.1. The summed E-state index contributed by atoms with van der Waals surface area (Å²) in [6.45, 7) is 1.80. The minimum Gasteiger partial charge on any atom is -0.494 e. The smallest absolute Gasteiger partial charge is 0.264 e. The molecule has 0 saturated carbocycles. The van der Waals surface area contributed by atoms with E-state index in [0.29, 0.717) is 18.1 Å². The maximum absolute atomic E-state index is 13.7. The highest BCUT2D eigenvalue weighted by molar-refractivity contribution is 7.92. The van der Waals surface area contributed by atoms with Gasteiger partial charge in [-0.15, -0.1) is 0 Å². The van der Waals surface area contributed by atoms with Crippen molar-refractivity contribution in [3.05, 3.63) is 72.3 Å². The van der Waals surface area contributed by atoms with Gasteiger partial charge in [0.1, 0.15) is 12.3 Å². The molecule has 0 heterocycles. The molecular weight excluding hydrogens is 508 g/mol. The normalized spacial score (nSPS) is 11.2. The summed E-state index contributed by atoms with van der Waals surface area (Å²) in [5, 5.41) is 3.99. The minimum atomic E-state index is -4.18. The predicted molar refractivity (Wildman–Crippen MR) is 148 cm³/mol. The number of nitrogens with zero attached hydrogens (tertiary/aromatic N) is 3. The van der Waals surface area contributed by atoms with E-state index in [1.807, 2.05) is 50.2 Å². The summed E-state index contributed by atoms with van der Waals surface area (Å²) in [4.78, 5) is 14.7. The number of nitrogens with one attached hydrogen (secondary N) is 1. The Bertz CT molecular complexity index is 1360. The van der Waals surface area contributed by atoms with Crippen LogP contribution in [0.5, 0.6) is 17.2 Å². The summed E-state index contributed by atoms with van der Waals surface area (Å²) in [5.74, 6) is 0.581. The maximum Gasteiger partial charge on any atom is 0.264 e. The Hall–Kier alpha value is -4.25. The molecule has 0 spiro atoms. The van der Waals surface area contributed by atoms with Crippen molar-refractivity contribution in [2.24, 2.45) is 5.10 Å². The Balaban J connectivity index is 1.87. The van der Waals surface area contributed by atoms with Crippen molar-refractivity contribution in [2.75, 3.05) is 50.7 Å². The lowest BCUT2D eigenvalue weighted by atomic mass is 10.2. The first-order valence-corrected chi connectivity index (χ1v) is 13.2. The fraction of sp³-hybridized carbons (Fsp3) is 0.259. The lowest BCUT2D eigenvalue weighted by Crippen LogP contribution is -2.39. The molecule has 202 valence electrons. The van der Waals surface area contributed by atoms with Crippen molar-refractivity contribution >= 4 is 33.5 Å². The molecule has 1 amide bonds. The number of hydrogen-bond acceptors (Lipinski definition) is 8. The van der Waals surface area contributed by atoms with Gasteiger partial charge in [0.2, 0.25) is 0 Å². The Morgan fingerprint density at radius 1 is 0.921 bits per heavy atom. The quantitative estimate of drug-likeness (QED) is 0.277. The molecule has 3 aromatic carbocycles. The van der Waals surface area contributed by atoms with E-state index in [2.05, 4.69) is 10.5 Å². The number of ether oxygens (including phenoxy) is 3. The van der Waals surface area contributed by atoms with E-state index in [1.165, 1.54) is 38.6 Å². The summed E-state index contributed by atoms with van der Waals surface area (Å²) in [6, 6.07) is 18.2. The maximum atomic E-state index is 13.7. The highest BCUT2D eigenvalue weighted by atomic mass is 32.2. The van der Waals surface area contributed by atoms with Crippen LogP contribution in [0.15, 0.2) is 76.7 Å². The number of benzene rings is 3. The van der Waals surface area contributed by atoms with E-state index in [1.54, 1.807) is 24.3 Å². The summed E-state index contributed by atoms with van der Waals surface area (Å²) >= 11 is 0. The van der Waals surface area contributed by atoms with E-state index in [9.17, 15) is 13.2 Å². The van der Waals surface area contributed by atoms with E-state index >= 15 is 0 Å². The van der Waals surface area contributed by atoms with E-state index in [4.69, 9.17) is 14.2 Å². The molecule has 0 aromatic heterocycles. The minimum absolute atomic E-state index is 0.0682. The van der Waals surface area contributed by atoms with Crippen molar-refractivity contribution in [3.63, 3.8) is 0 Å². The van der Waals surface area contributed by atoms with Crippen molar-refractivity contribution in [1.82, 2.24) is 5.43 Å². The van der Waals surface area contributed by atoms with Gasteiger partial charge in [-0.3, -0.25) is 9.10 Å². The number of carbonyl (C=O) groups is 1. The van der Waals surface area contributed by atoms with Gasteiger partial charge in [-0.2, -0.15) is 5.10 Å². The molecule has 3 rings (SSSR count). The summed E-state index contributed by atoms with van der Waals surface area (Å²) < 4.78 is 44.4. The molecule has 38 heavy (non-hydrogen) atoms. The predicted octanol–water partition coefficient (Wildman–Crippen LogP) is 3.51. The van der Waals surface area contributed by atoms with Gasteiger partial charge in [0, 0.05) is 25.8 Å². The average Bonchev–Trinajstić information content (AvgIpc) is 2.92. The van der Waals surface area contributed by atoms with Crippen LogP contribution in [-0.2, 0) is 14.8 Å². The topological polar surface area (TPSA) is 110 Å². The zero-order valence-electron chi connectivity index (χ0n) is 22.0. The van der Waals surface area contributed by atoms with Crippen LogP contribution in [0.2, 0.25) is 0 Å². The second-order valence-electron chi connectivity index (χ2n) is 8.23. The Kier molecular flexibility index (Phi) is 9.55. The summed E-state index contributed by atoms with van der Waals surface area (Å²) in [5.41, 5.74) is 4.49. The van der Waals surface area contributed by atoms with Gasteiger partial charge in [0.15, 0.2) is 11.5 Å². The van der Waals surface area contributed by atoms with Crippen LogP contribution < -0.4 is 28.8 Å². The average molecular weight is 541 g/mol. The third kappa shape index (κ3) is 6.94. The van der Waals surface area contributed by atoms with Gasteiger partial charge < -0.3 is 19.1 Å². The lowest BCUT2D eigenvalue weighted by molar-refractivity contribution is -0.119. The standard InChI is InChI=1S/C27H32N4O6S/c1-6-37-23-13-11-22(12-14-23)31(38(33,34)24-15-16-25(35-4)26(17-24)36-5)19-27(32)29-28-18-20-7-9-21(10-8-20)30(2)3/h7-18H,6,19H2,1-5H3,(H,29,32)/b28-18-. The number of sulfonamides is 1. The van der Waals surface area contributed by atoms with Crippen LogP contribution in [0.1, 0.15) is 12.5 Å². The molecule has 10 nitrogen and oxygen atoms in total. The molecular formula is C27H32N4O6S. The molecule has 0 fully saturated rings. The molecule has 0 aliphatic carbocycles. The SMILES string of the molecule is CCOc1ccc(N(CC(=O)N/N=C\c2ccc(N(C)C)cc2)S(=O)(=O)c2ccc(OC)c(OC)c2)cc1. The van der Waals surface area contributed by atoms with Crippen molar-refractivity contribution in [1.29, 1.82) is 0 Å². The van der Waals surface area contributed by atoms with Gasteiger partial charge >= 0.3 is 0 Å². The highest BCUT2D eigenvalue weighted by Gasteiger charge is 2.28. The molecule has 3 aromatic rings. The molecule has 0 unspecified atom stereocenters. The Morgan fingerprint density at radius 2 is 1.55 bits per heavy atom. The third-order valence-corrected chi connectivity index (χ3v) is 7.25. The number of carbonyl (C=O) groups excluding carboxylic acids is 1. The van der Waals surface area contributed by atoms with Crippen LogP contribution in [0.3, 0.4) is 0 Å². The zero-order chi connectivity index (χ0) is 27.7. The van der Waals surface area contributed by atoms with Gasteiger partial charge in [-0.1, -0.05) is 12.1 Å². The Labute approximate surface area is 223 Å². The van der Waals surface area contributed by atoms with Crippen LogP contribution >= 0.6 is 0 Å². The number of rotatable bonds is 12. The first kappa shape index (κ1) is 28.3. The van der Waals surface area contributed by atoms with Crippen molar-refractivity contribution in [3.8, 4) is 17.2 Å². The van der Waals surface area contributed by atoms with E-state index in [0.717, 1.165) is 15.6 Å². The first-order valence-electron chi connectivity index (χ1n) is 11.8. The molecule has 0 aliphatic heterocycles. The van der Waals surface area contributed by atoms with E-state index < -0.39 is 22.5 Å². The molecule has 0 aliphatic rings. The lowest BCUT2D eigenvalue weighted by Gasteiger charge is -2.24. The van der Waals surface area contributed by atoms with Crippen LogP contribution in [0, 0.1) is 0 Å². The molecule has 0 saturated heterocycles. The van der Waals surface area contributed by atoms with Gasteiger partial charge in [0.05, 0.1) is 37.6 Å². The fourth-order valence-electron chi connectivity index (χ4n) is 3.50. The number of hydrogen-bond donors (Lipinski definition) is 1. The molecule has 0 radical (unpaired) electrons. The second kappa shape index (κ2) is 12.8. The molecule has 0 atom stereocenters. The molecule has 11 heteroatoms. The van der Waals surface area contributed by atoms with Gasteiger partial charge in [0.25, 0.3) is 15.9 Å². The highest BCUT2D eigenvalue weighted by Crippen LogP contribution is 2.32. The first-order chi connectivity index (χ1) is 18.2. The van der Waals surface area contributed by atoms with Crippen LogP contribution in [-0.4, -0.2) is 62.0 Å². The molecule has 0 bridgehead atoms. The number of methoxy groups -OCH3 is 2. The fourth-order valence-corrected chi connectivity index (χ4v) is 4.93. The number of hydrazone groups is 1. The van der Waals surface area contributed by atoms with Crippen molar-refractivity contribution in [2.45, 2.75) is 11.8 Å². The summed E-state index contributed by atoms with van der Waals surface area (Å²) in [6.07, 6.45) is 1.49. The van der Waals surface area contributed by atoms with E-state index in [-0.39, 0.29) is 16.3 Å². The summed E-state index contributed by atoms with van der Waals surface area (Å²) in [7, 11) is 2.57. The Morgan fingerprint density at radius 3 is 2.13 bits per heavy atom. The largest absolute Gasteiger partial charge is 0.494 e. The van der Waals surface area contributed by atoms with Crippen LogP contribution in [0.25, 0.3) is 0 Å². The van der Waals surface area contributed by atoms with Crippen molar-refractivity contribution < 1.29 is 27.4 Å². The van der Waals surface area contributed by atoms with Gasteiger partial charge in [-0.25, -0.2) is 13.8 Å². The van der Waals surface area contributed by atoms with Crippen LogP contribution in [0.4, 0.5) is 11.4 Å². The monoisotopic (exact) mass is 540 g/mol. The molecule has 1 N–H and O–H groups in total. The zero-order valence-corrected chi connectivity index (χ0v) is 22.9. The third-order valence-electron chi connectivity index (χ3n) is 5.48. The van der Waals surface area contributed by atoms with Gasteiger partial charge in [-0.05, 0) is 61.0 Å². The number of amides is 1.